The van der Waals surface area contributed by atoms with Crippen molar-refractivity contribution in [2.75, 3.05) is 0 Å². The van der Waals surface area contributed by atoms with Crippen molar-refractivity contribution in [1.29, 1.82) is 0 Å². The Kier molecular flexibility index (Phi) is 7.69. The number of aliphatic hydroxyl groups excluding tert-OH is 1. The number of rotatable bonds is 8. The fourth-order valence-electron chi connectivity index (χ4n) is 2.66. The Balaban J connectivity index is 2.45. The highest BCUT2D eigenvalue weighted by Gasteiger charge is 2.38. The number of aliphatic hydroxyl groups is 1. The second-order valence-electron chi connectivity index (χ2n) is 8.55. The fraction of sp³-hybridized carbons (Fsp3) is 0.842. The van der Waals surface area contributed by atoms with Crippen LogP contribution in [0.5, 0.6) is 0 Å². The molecule has 1 heterocycles. The van der Waals surface area contributed by atoms with Gasteiger partial charge in [0.05, 0.1) is 12.5 Å². The Morgan fingerprint density at radius 3 is 2.38 bits per heavy atom. The van der Waals surface area contributed by atoms with Gasteiger partial charge in [0.2, 0.25) is 0 Å². The van der Waals surface area contributed by atoms with E-state index in [9.17, 15) is 9.90 Å². The smallest absolute Gasteiger partial charge is 0.306 e. The number of cyclic esters (lactones) is 1. The summed E-state index contributed by atoms with van der Waals surface area (Å²) >= 11 is 0. The molecule has 5 heteroatoms. The minimum Gasteiger partial charge on any atom is -0.459 e. The van der Waals surface area contributed by atoms with Gasteiger partial charge in [-0.25, -0.2) is 0 Å². The number of hydrogen-bond donors (Lipinski definition) is 1. The molecule has 0 amide bonds. The minimum absolute atomic E-state index is 0.0891. The molecular weight excluding hydrogens is 320 g/mol. The first-order valence-electron chi connectivity index (χ1n) is 9.18. The van der Waals surface area contributed by atoms with E-state index in [0.29, 0.717) is 12.8 Å². The molecule has 0 bridgehead atoms. The van der Waals surface area contributed by atoms with Gasteiger partial charge in [-0.1, -0.05) is 46.8 Å². The maximum atomic E-state index is 11.3. The molecule has 0 aromatic rings. The molecule has 1 aliphatic heterocycles. The third kappa shape index (κ3) is 6.01. The van der Waals surface area contributed by atoms with E-state index in [4.69, 9.17) is 9.16 Å². The van der Waals surface area contributed by atoms with Crippen LogP contribution in [0.25, 0.3) is 0 Å². The number of hydrogen-bond acceptors (Lipinski definition) is 4. The van der Waals surface area contributed by atoms with Crippen LogP contribution >= 0.6 is 0 Å². The van der Waals surface area contributed by atoms with E-state index >= 15 is 0 Å². The molecule has 0 aromatic carbocycles. The maximum absolute atomic E-state index is 11.3. The number of carbonyl (C=O) groups is 1. The molecule has 1 fully saturated rings. The zero-order valence-corrected chi connectivity index (χ0v) is 17.5. The summed E-state index contributed by atoms with van der Waals surface area (Å²) in [4.78, 5) is 11.3. The van der Waals surface area contributed by atoms with Crippen molar-refractivity contribution in [3.63, 3.8) is 0 Å². The van der Waals surface area contributed by atoms with Crippen molar-refractivity contribution in [2.24, 2.45) is 5.92 Å². The van der Waals surface area contributed by atoms with Crippen molar-refractivity contribution < 1.29 is 19.1 Å². The molecule has 4 atom stereocenters. The first-order chi connectivity index (χ1) is 11.0. The lowest BCUT2D eigenvalue weighted by Gasteiger charge is -2.39. The van der Waals surface area contributed by atoms with Gasteiger partial charge in [0.15, 0.2) is 8.32 Å². The van der Waals surface area contributed by atoms with E-state index in [0.717, 1.165) is 12.8 Å². The second kappa shape index (κ2) is 8.63. The first kappa shape index (κ1) is 21.4. The Bertz CT molecular complexity index is 439. The molecule has 1 aliphatic rings. The second-order valence-corrected chi connectivity index (χ2v) is 13.3. The summed E-state index contributed by atoms with van der Waals surface area (Å²) in [7, 11) is -1.75. The lowest BCUT2D eigenvalue weighted by Crippen LogP contribution is -2.43. The van der Waals surface area contributed by atoms with Crippen molar-refractivity contribution in [3.8, 4) is 0 Å². The molecule has 0 radical (unpaired) electrons. The van der Waals surface area contributed by atoms with Crippen molar-refractivity contribution in [3.05, 3.63) is 12.2 Å². The molecule has 1 saturated heterocycles. The average Bonchev–Trinajstić information content (AvgIpc) is 2.79. The third-order valence-electron chi connectivity index (χ3n) is 5.36. The number of carbonyl (C=O) groups excluding carboxylic acids is 1. The van der Waals surface area contributed by atoms with Gasteiger partial charge < -0.3 is 14.3 Å². The van der Waals surface area contributed by atoms with Gasteiger partial charge in [-0.05, 0) is 37.4 Å². The monoisotopic (exact) mass is 356 g/mol. The van der Waals surface area contributed by atoms with Crippen LogP contribution in [-0.2, 0) is 14.0 Å². The van der Waals surface area contributed by atoms with E-state index in [1.54, 1.807) is 0 Å². The molecule has 0 unspecified atom stereocenters. The summed E-state index contributed by atoms with van der Waals surface area (Å²) < 4.78 is 11.6. The van der Waals surface area contributed by atoms with E-state index in [1.165, 1.54) is 0 Å². The summed E-state index contributed by atoms with van der Waals surface area (Å²) in [6.07, 6.45) is 6.07. The Labute approximate surface area is 148 Å². The zero-order valence-electron chi connectivity index (χ0n) is 16.5. The SMILES string of the molecule is CC[C@@H](C/C=C\C[C@H](O)[C@H]1OC(=O)C[C@@H]1C)O[Si](C)(C)C(C)(C)C. The zero-order chi connectivity index (χ0) is 18.5. The number of esters is 1. The highest BCUT2D eigenvalue weighted by molar-refractivity contribution is 6.74. The fourth-order valence-corrected chi connectivity index (χ4v) is 4.11. The van der Waals surface area contributed by atoms with Crippen LogP contribution in [0.4, 0.5) is 0 Å². The predicted octanol–water partition coefficient (Wildman–Crippen LogP) is 4.44. The molecule has 0 aliphatic carbocycles. The molecule has 4 nitrogen and oxygen atoms in total. The van der Waals surface area contributed by atoms with Crippen molar-refractivity contribution in [2.45, 2.75) is 96.7 Å². The highest BCUT2D eigenvalue weighted by atomic mass is 28.4. The first-order valence-corrected chi connectivity index (χ1v) is 12.1. The van der Waals surface area contributed by atoms with Gasteiger partial charge in [-0.2, -0.15) is 0 Å². The normalized spacial score (nSPS) is 25.1. The van der Waals surface area contributed by atoms with Gasteiger partial charge in [0.25, 0.3) is 0 Å². The van der Waals surface area contributed by atoms with Crippen LogP contribution in [0.3, 0.4) is 0 Å². The van der Waals surface area contributed by atoms with Crippen LogP contribution in [0.15, 0.2) is 12.2 Å². The highest BCUT2D eigenvalue weighted by Crippen LogP contribution is 2.38. The molecule has 0 saturated carbocycles. The summed E-state index contributed by atoms with van der Waals surface area (Å²) in [5.74, 6) is -0.115. The lowest BCUT2D eigenvalue weighted by atomic mass is 9.97. The molecular formula is C19H36O4Si. The van der Waals surface area contributed by atoms with Crippen molar-refractivity contribution in [1.82, 2.24) is 0 Å². The predicted molar refractivity (Wildman–Crippen MR) is 100 cm³/mol. The molecule has 24 heavy (non-hydrogen) atoms. The standard InChI is InChI=1S/C19H36O4Si/c1-8-15(23-24(6,7)19(3,4)5)11-9-10-12-16(20)18-14(2)13-17(21)22-18/h9-10,14-16,18,20H,8,11-13H2,1-7H3/b10-9-/t14-,15-,16-,18-/m0/s1. The van der Waals surface area contributed by atoms with Crippen LogP contribution in [0, 0.1) is 5.92 Å². The minimum atomic E-state index is -1.75. The van der Waals surface area contributed by atoms with E-state index < -0.39 is 14.4 Å². The third-order valence-corrected chi connectivity index (χ3v) is 9.90. The van der Waals surface area contributed by atoms with Gasteiger partial charge >= 0.3 is 5.97 Å². The van der Waals surface area contributed by atoms with E-state index in [2.05, 4.69) is 46.9 Å². The van der Waals surface area contributed by atoms with Gasteiger partial charge in [-0.15, -0.1) is 0 Å². The Hall–Kier alpha value is -0.653. The van der Waals surface area contributed by atoms with Crippen LogP contribution in [0.2, 0.25) is 18.1 Å². The van der Waals surface area contributed by atoms with E-state index in [-0.39, 0.29) is 29.1 Å². The summed E-state index contributed by atoms with van der Waals surface area (Å²) in [5, 5.41) is 10.4. The largest absolute Gasteiger partial charge is 0.459 e. The van der Waals surface area contributed by atoms with Crippen LogP contribution in [0.1, 0.15) is 60.3 Å². The number of ether oxygens (including phenoxy) is 1. The average molecular weight is 357 g/mol. The molecule has 1 N–H and O–H groups in total. The Morgan fingerprint density at radius 1 is 1.33 bits per heavy atom. The maximum Gasteiger partial charge on any atom is 0.306 e. The summed E-state index contributed by atoms with van der Waals surface area (Å²) in [5.41, 5.74) is 0. The molecule has 0 aromatic heterocycles. The molecule has 140 valence electrons. The van der Waals surface area contributed by atoms with E-state index in [1.807, 2.05) is 13.0 Å². The van der Waals surface area contributed by atoms with Crippen LogP contribution < -0.4 is 0 Å². The Morgan fingerprint density at radius 2 is 1.92 bits per heavy atom. The molecule has 0 spiro atoms. The van der Waals surface area contributed by atoms with Gasteiger partial charge in [0.1, 0.15) is 6.10 Å². The van der Waals surface area contributed by atoms with Gasteiger partial charge in [-0.3, -0.25) is 4.79 Å². The van der Waals surface area contributed by atoms with Gasteiger partial charge in [0, 0.05) is 12.0 Å². The quantitative estimate of drug-likeness (QED) is 0.397. The van der Waals surface area contributed by atoms with Crippen molar-refractivity contribution >= 4 is 14.3 Å². The summed E-state index contributed by atoms with van der Waals surface area (Å²) in [6.45, 7) is 15.4. The van der Waals surface area contributed by atoms with Crippen LogP contribution in [-0.4, -0.2) is 37.7 Å². The lowest BCUT2D eigenvalue weighted by molar-refractivity contribution is -0.145. The topological polar surface area (TPSA) is 55.8 Å². The summed E-state index contributed by atoms with van der Waals surface area (Å²) in [6, 6.07) is 0. The molecule has 1 rings (SSSR count).